The van der Waals surface area contributed by atoms with Crippen LogP contribution in [0.1, 0.15) is 24.2 Å². The monoisotopic (exact) mass is 401 g/mol. The molecule has 1 atom stereocenters. The molecule has 0 bridgehead atoms. The third-order valence-electron chi connectivity index (χ3n) is 4.18. The van der Waals surface area contributed by atoms with Crippen molar-refractivity contribution >= 4 is 38.5 Å². The lowest BCUT2D eigenvalue weighted by atomic mass is 10.0. The van der Waals surface area contributed by atoms with E-state index in [-0.39, 0.29) is 11.5 Å². The quantitative estimate of drug-likeness (QED) is 0.658. The number of aromatic nitrogens is 1. The standard InChI is InChI=1S/C20H20FN3O3S/c1-11(2)17(23-18(25)13-6-4-5-7-14(13)21)19(26)24-20-22-15-9-8-12(27-3)10-16(15)28-20/h4-11,17H,1-3H3,(H,23,25)(H,22,24,26)/t17-/m1/s1. The van der Waals surface area contributed by atoms with Crippen molar-refractivity contribution in [1.82, 2.24) is 10.3 Å². The number of nitrogens with zero attached hydrogens (tertiary/aromatic N) is 1. The van der Waals surface area contributed by atoms with E-state index >= 15 is 0 Å². The highest BCUT2D eigenvalue weighted by Crippen LogP contribution is 2.29. The molecule has 0 aliphatic heterocycles. The minimum Gasteiger partial charge on any atom is -0.497 e. The molecular weight excluding hydrogens is 381 g/mol. The Morgan fingerprint density at radius 1 is 1.18 bits per heavy atom. The Morgan fingerprint density at radius 3 is 2.61 bits per heavy atom. The first-order valence-electron chi connectivity index (χ1n) is 8.70. The number of halogens is 1. The number of thiazole rings is 1. The van der Waals surface area contributed by atoms with Crippen LogP contribution in [-0.4, -0.2) is 29.9 Å². The molecule has 0 aliphatic rings. The van der Waals surface area contributed by atoms with E-state index < -0.39 is 23.7 Å². The number of hydrogen-bond acceptors (Lipinski definition) is 5. The third-order valence-corrected chi connectivity index (χ3v) is 5.11. The lowest BCUT2D eigenvalue weighted by Crippen LogP contribution is -2.47. The number of benzene rings is 2. The Labute approximate surface area is 165 Å². The minimum absolute atomic E-state index is 0.104. The number of carbonyl (C=O) groups is 2. The molecule has 0 aliphatic carbocycles. The summed E-state index contributed by atoms with van der Waals surface area (Å²) in [5.41, 5.74) is 0.630. The van der Waals surface area contributed by atoms with Crippen molar-refractivity contribution in [1.29, 1.82) is 0 Å². The highest BCUT2D eigenvalue weighted by molar-refractivity contribution is 7.22. The van der Waals surface area contributed by atoms with E-state index in [4.69, 9.17) is 4.74 Å². The van der Waals surface area contributed by atoms with Gasteiger partial charge in [-0.2, -0.15) is 0 Å². The summed E-state index contributed by atoms with van der Waals surface area (Å²) < 4.78 is 19.9. The van der Waals surface area contributed by atoms with Crippen LogP contribution in [0.15, 0.2) is 42.5 Å². The van der Waals surface area contributed by atoms with Gasteiger partial charge >= 0.3 is 0 Å². The maximum atomic E-state index is 13.8. The van der Waals surface area contributed by atoms with E-state index in [1.54, 1.807) is 39.2 Å². The molecule has 1 aromatic heterocycles. The average Bonchev–Trinajstić information content (AvgIpc) is 3.06. The van der Waals surface area contributed by atoms with Crippen LogP contribution in [0.2, 0.25) is 0 Å². The Morgan fingerprint density at radius 2 is 1.93 bits per heavy atom. The van der Waals surface area contributed by atoms with Crippen LogP contribution in [-0.2, 0) is 4.79 Å². The first kappa shape index (κ1) is 19.8. The van der Waals surface area contributed by atoms with Gasteiger partial charge in [0.05, 0.1) is 22.9 Å². The van der Waals surface area contributed by atoms with Crippen LogP contribution in [0, 0.1) is 11.7 Å². The van der Waals surface area contributed by atoms with Gasteiger partial charge in [-0.25, -0.2) is 9.37 Å². The van der Waals surface area contributed by atoms with Gasteiger partial charge in [0, 0.05) is 0 Å². The van der Waals surface area contributed by atoms with Gasteiger partial charge in [0.1, 0.15) is 17.6 Å². The Hall–Kier alpha value is -3.00. The third kappa shape index (κ3) is 4.28. The van der Waals surface area contributed by atoms with Gasteiger partial charge < -0.3 is 15.4 Å². The summed E-state index contributed by atoms with van der Waals surface area (Å²) in [5.74, 6) is -1.19. The molecule has 1 heterocycles. The topological polar surface area (TPSA) is 80.3 Å². The number of carbonyl (C=O) groups excluding carboxylic acids is 2. The zero-order valence-corrected chi connectivity index (χ0v) is 16.5. The number of anilines is 1. The molecule has 2 aromatic carbocycles. The average molecular weight is 401 g/mol. The van der Waals surface area contributed by atoms with Gasteiger partial charge in [-0.3, -0.25) is 9.59 Å². The Kier molecular flexibility index (Phi) is 5.89. The molecule has 0 unspecified atom stereocenters. The van der Waals surface area contributed by atoms with Crippen LogP contribution in [0.5, 0.6) is 5.75 Å². The molecule has 0 spiro atoms. The van der Waals surface area contributed by atoms with Gasteiger partial charge in [-0.1, -0.05) is 37.3 Å². The highest BCUT2D eigenvalue weighted by Gasteiger charge is 2.26. The smallest absolute Gasteiger partial charge is 0.254 e. The van der Waals surface area contributed by atoms with Crippen molar-refractivity contribution in [3.05, 3.63) is 53.8 Å². The molecule has 2 amide bonds. The molecule has 6 nitrogen and oxygen atoms in total. The van der Waals surface area contributed by atoms with E-state index in [9.17, 15) is 14.0 Å². The second-order valence-electron chi connectivity index (χ2n) is 6.52. The molecular formula is C20H20FN3O3S. The zero-order chi connectivity index (χ0) is 20.3. The lowest BCUT2D eigenvalue weighted by molar-refractivity contribution is -0.118. The Balaban J connectivity index is 1.76. The van der Waals surface area contributed by atoms with Crippen molar-refractivity contribution in [2.75, 3.05) is 12.4 Å². The number of fused-ring (bicyclic) bond motifs is 1. The summed E-state index contributed by atoms with van der Waals surface area (Å²) >= 11 is 1.31. The summed E-state index contributed by atoms with van der Waals surface area (Å²) in [7, 11) is 1.58. The van der Waals surface area contributed by atoms with Crippen LogP contribution in [0.3, 0.4) is 0 Å². The maximum Gasteiger partial charge on any atom is 0.254 e. The first-order valence-corrected chi connectivity index (χ1v) is 9.51. The second kappa shape index (κ2) is 8.35. The molecule has 3 rings (SSSR count). The number of methoxy groups -OCH3 is 1. The molecule has 2 N–H and O–H groups in total. The number of nitrogens with one attached hydrogen (secondary N) is 2. The SMILES string of the molecule is COc1ccc2nc(NC(=O)[C@H](NC(=O)c3ccccc3F)C(C)C)sc2c1. The first-order chi connectivity index (χ1) is 13.4. The van der Waals surface area contributed by atoms with Gasteiger partial charge in [0.15, 0.2) is 5.13 Å². The molecule has 146 valence electrons. The summed E-state index contributed by atoms with van der Waals surface area (Å²) in [5, 5.41) is 5.77. The number of ether oxygens (including phenoxy) is 1. The molecule has 3 aromatic rings. The fourth-order valence-electron chi connectivity index (χ4n) is 2.67. The minimum atomic E-state index is -0.839. The van der Waals surface area contributed by atoms with E-state index in [1.165, 1.54) is 29.5 Å². The maximum absolute atomic E-state index is 13.8. The van der Waals surface area contributed by atoms with Crippen LogP contribution >= 0.6 is 11.3 Å². The summed E-state index contributed by atoms with van der Waals surface area (Å²) in [6, 6.07) is 10.2. The zero-order valence-electron chi connectivity index (χ0n) is 15.7. The van der Waals surface area contributed by atoms with Crippen molar-refractivity contribution in [3.63, 3.8) is 0 Å². The molecule has 0 saturated carbocycles. The van der Waals surface area contributed by atoms with Crippen molar-refractivity contribution in [2.45, 2.75) is 19.9 Å². The molecule has 0 fully saturated rings. The van der Waals surface area contributed by atoms with Crippen molar-refractivity contribution in [3.8, 4) is 5.75 Å². The fraction of sp³-hybridized carbons (Fsp3) is 0.250. The molecule has 0 saturated heterocycles. The largest absolute Gasteiger partial charge is 0.497 e. The van der Waals surface area contributed by atoms with E-state index in [0.29, 0.717) is 10.9 Å². The van der Waals surface area contributed by atoms with Gasteiger partial charge in [-0.15, -0.1) is 0 Å². The second-order valence-corrected chi connectivity index (χ2v) is 7.55. The highest BCUT2D eigenvalue weighted by atomic mass is 32.1. The van der Waals surface area contributed by atoms with Crippen LogP contribution in [0.25, 0.3) is 10.2 Å². The predicted molar refractivity (Wildman–Crippen MR) is 107 cm³/mol. The summed E-state index contributed by atoms with van der Waals surface area (Å²) in [6.07, 6.45) is 0. The van der Waals surface area contributed by atoms with Crippen molar-refractivity contribution in [2.24, 2.45) is 5.92 Å². The van der Waals surface area contributed by atoms with Crippen molar-refractivity contribution < 1.29 is 18.7 Å². The lowest BCUT2D eigenvalue weighted by Gasteiger charge is -2.21. The predicted octanol–water partition coefficient (Wildman–Crippen LogP) is 3.84. The van der Waals surface area contributed by atoms with E-state index in [0.717, 1.165) is 10.2 Å². The van der Waals surface area contributed by atoms with Gasteiger partial charge in [-0.05, 0) is 36.2 Å². The normalized spacial score (nSPS) is 12.0. The van der Waals surface area contributed by atoms with Gasteiger partial charge in [0.25, 0.3) is 5.91 Å². The fourth-order valence-corrected chi connectivity index (χ4v) is 3.57. The van der Waals surface area contributed by atoms with Crippen LogP contribution < -0.4 is 15.4 Å². The molecule has 0 radical (unpaired) electrons. The van der Waals surface area contributed by atoms with E-state index in [2.05, 4.69) is 15.6 Å². The number of amides is 2. The molecule has 28 heavy (non-hydrogen) atoms. The van der Waals surface area contributed by atoms with E-state index in [1.807, 2.05) is 6.07 Å². The van der Waals surface area contributed by atoms with Crippen LogP contribution in [0.4, 0.5) is 9.52 Å². The summed E-state index contributed by atoms with van der Waals surface area (Å²) in [6.45, 7) is 3.60. The number of hydrogen-bond donors (Lipinski definition) is 2. The summed E-state index contributed by atoms with van der Waals surface area (Å²) in [4.78, 5) is 29.5. The number of rotatable bonds is 6. The Bertz CT molecular complexity index is 1020. The van der Waals surface area contributed by atoms with Gasteiger partial charge in [0.2, 0.25) is 5.91 Å². The molecule has 8 heteroatoms.